The smallest absolute Gasteiger partial charge is 0.120 e. The number of furan rings is 1. The molecule has 4 heteroatoms. The van der Waals surface area contributed by atoms with Crippen molar-refractivity contribution < 1.29 is 9.15 Å². The highest BCUT2D eigenvalue weighted by Gasteiger charge is 2.17. The van der Waals surface area contributed by atoms with Crippen molar-refractivity contribution in [3.8, 4) is 0 Å². The maximum atomic E-state index is 5.99. The Morgan fingerprint density at radius 3 is 2.90 bits per heavy atom. The van der Waals surface area contributed by atoms with Crippen LogP contribution in [0.2, 0.25) is 0 Å². The van der Waals surface area contributed by atoms with Gasteiger partial charge in [0.2, 0.25) is 0 Å². The third-order valence-electron chi connectivity index (χ3n) is 3.99. The van der Waals surface area contributed by atoms with E-state index in [9.17, 15) is 0 Å². The summed E-state index contributed by atoms with van der Waals surface area (Å²) < 4.78 is 11.5. The molecule has 0 amide bonds. The van der Waals surface area contributed by atoms with Gasteiger partial charge in [0.25, 0.3) is 0 Å². The molecule has 0 aromatic carbocycles. The molecule has 1 unspecified atom stereocenters. The summed E-state index contributed by atoms with van der Waals surface area (Å²) in [6, 6.07) is 2.65. The van der Waals surface area contributed by atoms with Crippen molar-refractivity contribution in [3.05, 3.63) is 23.2 Å². The fourth-order valence-electron chi connectivity index (χ4n) is 2.86. The topological polar surface area (TPSA) is 37.6 Å². The minimum absolute atomic E-state index is 0.479. The second kappa shape index (κ2) is 7.97. The molecule has 0 radical (unpaired) electrons. The number of rotatable bonds is 7. The first kappa shape index (κ1) is 16.5. The van der Waals surface area contributed by atoms with Crippen LogP contribution in [0.5, 0.6) is 0 Å². The van der Waals surface area contributed by atoms with E-state index in [-0.39, 0.29) is 0 Å². The van der Waals surface area contributed by atoms with Crippen molar-refractivity contribution in [1.82, 2.24) is 10.2 Å². The van der Waals surface area contributed by atoms with Crippen LogP contribution in [0.25, 0.3) is 0 Å². The summed E-state index contributed by atoms with van der Waals surface area (Å²) in [7, 11) is 2.17. The van der Waals surface area contributed by atoms with E-state index in [2.05, 4.69) is 44.1 Å². The van der Waals surface area contributed by atoms with Gasteiger partial charge < -0.3 is 14.5 Å². The summed E-state index contributed by atoms with van der Waals surface area (Å²) in [5, 5.41) is 3.41. The lowest BCUT2D eigenvalue weighted by atomic mass is 10.0. The Morgan fingerprint density at radius 1 is 1.43 bits per heavy atom. The molecule has 1 atom stereocenters. The van der Waals surface area contributed by atoms with Crippen molar-refractivity contribution in [2.45, 2.75) is 52.7 Å². The van der Waals surface area contributed by atoms with Crippen LogP contribution in [0.15, 0.2) is 10.5 Å². The van der Waals surface area contributed by atoms with Gasteiger partial charge in [0.1, 0.15) is 11.5 Å². The Hall–Kier alpha value is -0.840. The highest BCUT2D eigenvalue weighted by Crippen LogP contribution is 2.18. The van der Waals surface area contributed by atoms with Crippen LogP contribution >= 0.6 is 0 Å². The Bertz CT molecular complexity index is 422. The van der Waals surface area contributed by atoms with E-state index in [4.69, 9.17) is 9.15 Å². The summed E-state index contributed by atoms with van der Waals surface area (Å²) >= 11 is 0. The van der Waals surface area contributed by atoms with Gasteiger partial charge in [-0.1, -0.05) is 13.8 Å². The van der Waals surface area contributed by atoms with Crippen molar-refractivity contribution in [2.75, 3.05) is 26.8 Å². The third-order valence-corrected chi connectivity index (χ3v) is 3.99. The average Bonchev–Trinajstić information content (AvgIpc) is 2.77. The summed E-state index contributed by atoms with van der Waals surface area (Å²) in [5.74, 6) is 2.79. The molecule has 1 N–H and O–H groups in total. The largest absolute Gasteiger partial charge is 0.463 e. The SMILES string of the molecule is Cc1cc(CN(C)CC2CCCOC2)oc1CNC(C)C. The average molecular weight is 294 g/mol. The predicted molar refractivity (Wildman–Crippen MR) is 85.3 cm³/mol. The molecule has 4 nitrogen and oxygen atoms in total. The standard InChI is InChI=1S/C17H30N2O2/c1-13(2)18-9-17-14(3)8-16(21-17)11-19(4)10-15-6-5-7-20-12-15/h8,13,15,18H,5-7,9-12H2,1-4H3. The van der Waals surface area contributed by atoms with Crippen LogP contribution in [0.4, 0.5) is 0 Å². The van der Waals surface area contributed by atoms with E-state index in [1.165, 1.54) is 18.4 Å². The molecule has 0 bridgehead atoms. The third kappa shape index (κ3) is 5.46. The fraction of sp³-hybridized carbons (Fsp3) is 0.765. The first-order valence-electron chi connectivity index (χ1n) is 8.12. The molecule has 0 saturated carbocycles. The number of aryl methyl sites for hydroxylation is 1. The molecule has 1 saturated heterocycles. The molecular weight excluding hydrogens is 264 g/mol. The van der Waals surface area contributed by atoms with E-state index < -0.39 is 0 Å². The number of nitrogens with one attached hydrogen (secondary N) is 1. The van der Waals surface area contributed by atoms with E-state index >= 15 is 0 Å². The first-order valence-corrected chi connectivity index (χ1v) is 8.12. The van der Waals surface area contributed by atoms with E-state index in [0.29, 0.717) is 12.0 Å². The van der Waals surface area contributed by atoms with Gasteiger partial charge in [-0.15, -0.1) is 0 Å². The highest BCUT2D eigenvalue weighted by atomic mass is 16.5. The lowest BCUT2D eigenvalue weighted by Crippen LogP contribution is -2.30. The second-order valence-corrected chi connectivity index (χ2v) is 6.63. The van der Waals surface area contributed by atoms with Crippen molar-refractivity contribution >= 4 is 0 Å². The van der Waals surface area contributed by atoms with Crippen molar-refractivity contribution in [1.29, 1.82) is 0 Å². The van der Waals surface area contributed by atoms with Crippen LogP contribution in [-0.4, -0.2) is 37.7 Å². The van der Waals surface area contributed by atoms with Crippen LogP contribution in [0, 0.1) is 12.8 Å². The molecule has 1 aliphatic heterocycles. The summed E-state index contributed by atoms with van der Waals surface area (Å²) in [6.07, 6.45) is 2.48. The Balaban J connectivity index is 1.82. The summed E-state index contributed by atoms with van der Waals surface area (Å²) in [5.41, 5.74) is 1.24. The van der Waals surface area contributed by atoms with Crippen LogP contribution in [-0.2, 0) is 17.8 Å². The molecular formula is C17H30N2O2. The fourth-order valence-corrected chi connectivity index (χ4v) is 2.86. The van der Waals surface area contributed by atoms with Gasteiger partial charge in [0, 0.05) is 19.2 Å². The minimum atomic E-state index is 0.479. The summed E-state index contributed by atoms with van der Waals surface area (Å²) in [4.78, 5) is 2.34. The molecule has 2 rings (SSSR count). The number of hydrogen-bond acceptors (Lipinski definition) is 4. The Labute approximate surface area is 128 Å². The van der Waals surface area contributed by atoms with Crippen LogP contribution in [0.3, 0.4) is 0 Å². The highest BCUT2D eigenvalue weighted by molar-refractivity contribution is 5.20. The lowest BCUT2D eigenvalue weighted by Gasteiger charge is -2.26. The maximum Gasteiger partial charge on any atom is 0.120 e. The van der Waals surface area contributed by atoms with Gasteiger partial charge in [0.15, 0.2) is 0 Å². The van der Waals surface area contributed by atoms with Crippen molar-refractivity contribution in [3.63, 3.8) is 0 Å². The van der Waals surface area contributed by atoms with Gasteiger partial charge >= 0.3 is 0 Å². The van der Waals surface area contributed by atoms with Gasteiger partial charge in [-0.2, -0.15) is 0 Å². The maximum absolute atomic E-state index is 5.99. The molecule has 1 aromatic heterocycles. The Kier molecular flexibility index (Phi) is 6.27. The molecule has 0 spiro atoms. The Morgan fingerprint density at radius 2 is 2.24 bits per heavy atom. The second-order valence-electron chi connectivity index (χ2n) is 6.63. The molecule has 2 heterocycles. The first-order chi connectivity index (χ1) is 10.0. The van der Waals surface area contributed by atoms with Crippen molar-refractivity contribution in [2.24, 2.45) is 5.92 Å². The van der Waals surface area contributed by atoms with Crippen LogP contribution in [0.1, 0.15) is 43.8 Å². The zero-order valence-corrected chi connectivity index (χ0v) is 13.9. The number of ether oxygens (including phenoxy) is 1. The number of nitrogens with zero attached hydrogens (tertiary/aromatic N) is 1. The van der Waals surface area contributed by atoms with Gasteiger partial charge in [-0.25, -0.2) is 0 Å². The molecule has 120 valence electrons. The van der Waals surface area contributed by atoms with E-state index in [1.54, 1.807) is 0 Å². The van der Waals surface area contributed by atoms with Gasteiger partial charge in [-0.3, -0.25) is 4.90 Å². The zero-order chi connectivity index (χ0) is 15.2. The summed E-state index contributed by atoms with van der Waals surface area (Å²) in [6.45, 7) is 11.0. The number of hydrogen-bond donors (Lipinski definition) is 1. The minimum Gasteiger partial charge on any atom is -0.463 e. The molecule has 21 heavy (non-hydrogen) atoms. The molecule has 0 aliphatic carbocycles. The molecule has 1 fully saturated rings. The monoisotopic (exact) mass is 294 g/mol. The lowest BCUT2D eigenvalue weighted by molar-refractivity contribution is 0.0403. The van der Waals surface area contributed by atoms with E-state index in [0.717, 1.165) is 44.4 Å². The van der Waals surface area contributed by atoms with Gasteiger partial charge in [-0.05, 0) is 44.4 Å². The van der Waals surface area contributed by atoms with E-state index in [1.807, 2.05) is 0 Å². The molecule has 1 aliphatic rings. The normalized spacial score (nSPS) is 19.6. The van der Waals surface area contributed by atoms with Crippen LogP contribution < -0.4 is 5.32 Å². The predicted octanol–water partition coefficient (Wildman–Crippen LogP) is 2.94. The quantitative estimate of drug-likeness (QED) is 0.839. The zero-order valence-electron chi connectivity index (χ0n) is 13.9. The van der Waals surface area contributed by atoms with Gasteiger partial charge in [0.05, 0.1) is 19.7 Å². The molecule has 1 aromatic rings.